The Kier molecular flexibility index (Phi) is 5.69. The Morgan fingerprint density at radius 2 is 1.85 bits per heavy atom. The van der Waals surface area contributed by atoms with E-state index in [9.17, 15) is 8.42 Å². The van der Waals surface area contributed by atoms with Gasteiger partial charge in [-0.3, -0.25) is 4.72 Å². The third-order valence-corrected chi connectivity index (χ3v) is 6.55. The van der Waals surface area contributed by atoms with Crippen LogP contribution < -0.4 is 14.8 Å². The first-order chi connectivity index (χ1) is 15.9. The minimum absolute atomic E-state index is 0.387. The standard InChI is InChI=1S/C23H21N5O3S2/c1-33(29,30)28-17-9-10-19(25-14-17)26-20-13-18(11-12-24-20)31-23-21(15-5-3-2-4-6-15)27-22(32-23)16-7-8-16/h2-6,9-14,16,28H,7-8H2,1H3,(H,24,25,26). The lowest BCUT2D eigenvalue weighted by atomic mass is 10.2. The van der Waals surface area contributed by atoms with Crippen molar-refractivity contribution in [1.29, 1.82) is 0 Å². The maximum absolute atomic E-state index is 11.3. The number of anilines is 3. The molecule has 5 rings (SSSR count). The fourth-order valence-electron chi connectivity index (χ4n) is 3.20. The molecule has 1 aliphatic rings. The summed E-state index contributed by atoms with van der Waals surface area (Å²) in [4.78, 5) is 13.4. The van der Waals surface area contributed by atoms with Crippen LogP contribution in [0.4, 0.5) is 17.3 Å². The molecule has 168 valence electrons. The molecular weight excluding hydrogens is 458 g/mol. The van der Waals surface area contributed by atoms with Gasteiger partial charge < -0.3 is 10.1 Å². The second-order valence-electron chi connectivity index (χ2n) is 7.74. The van der Waals surface area contributed by atoms with Crippen molar-refractivity contribution < 1.29 is 13.2 Å². The van der Waals surface area contributed by atoms with E-state index in [1.165, 1.54) is 19.0 Å². The number of rotatable bonds is 8. The summed E-state index contributed by atoms with van der Waals surface area (Å²) in [5, 5.41) is 4.98. The number of sulfonamides is 1. The number of hydrogen-bond donors (Lipinski definition) is 2. The Morgan fingerprint density at radius 3 is 2.55 bits per heavy atom. The van der Waals surface area contributed by atoms with Gasteiger partial charge in [-0.1, -0.05) is 41.7 Å². The average Bonchev–Trinajstić information content (AvgIpc) is 3.56. The van der Waals surface area contributed by atoms with Crippen LogP contribution in [0.5, 0.6) is 10.8 Å². The first-order valence-electron chi connectivity index (χ1n) is 10.3. The van der Waals surface area contributed by atoms with E-state index < -0.39 is 10.0 Å². The van der Waals surface area contributed by atoms with Crippen LogP contribution in [-0.2, 0) is 10.0 Å². The predicted octanol–water partition coefficient (Wildman–Crippen LogP) is 5.38. The lowest BCUT2D eigenvalue weighted by molar-refractivity contribution is 0.496. The highest BCUT2D eigenvalue weighted by atomic mass is 32.2. The van der Waals surface area contributed by atoms with Crippen molar-refractivity contribution >= 4 is 38.7 Å². The van der Waals surface area contributed by atoms with Gasteiger partial charge in [0.05, 0.1) is 18.1 Å². The van der Waals surface area contributed by atoms with E-state index in [2.05, 4.69) is 20.0 Å². The first kappa shape index (κ1) is 21.4. The van der Waals surface area contributed by atoms with Crippen LogP contribution in [0.1, 0.15) is 23.8 Å². The zero-order valence-corrected chi connectivity index (χ0v) is 19.4. The fourth-order valence-corrected chi connectivity index (χ4v) is 4.87. The molecule has 3 heterocycles. The van der Waals surface area contributed by atoms with Gasteiger partial charge in [0.15, 0.2) is 0 Å². The molecule has 0 saturated heterocycles. The molecule has 0 radical (unpaired) electrons. The third kappa shape index (κ3) is 5.47. The monoisotopic (exact) mass is 479 g/mol. The number of thiazole rings is 1. The molecular formula is C23H21N5O3S2. The van der Waals surface area contributed by atoms with Gasteiger partial charge in [0, 0.05) is 23.7 Å². The van der Waals surface area contributed by atoms with Crippen molar-refractivity contribution in [2.24, 2.45) is 0 Å². The summed E-state index contributed by atoms with van der Waals surface area (Å²) in [7, 11) is -3.35. The summed E-state index contributed by atoms with van der Waals surface area (Å²) < 4.78 is 31.3. The van der Waals surface area contributed by atoms with Crippen molar-refractivity contribution in [2.45, 2.75) is 18.8 Å². The third-order valence-electron chi connectivity index (χ3n) is 4.85. The Balaban J connectivity index is 1.35. The van der Waals surface area contributed by atoms with Crippen molar-refractivity contribution in [3.8, 4) is 22.1 Å². The van der Waals surface area contributed by atoms with Crippen LogP contribution in [0, 0.1) is 0 Å². The molecule has 3 aromatic heterocycles. The quantitative estimate of drug-likeness (QED) is 0.349. The van der Waals surface area contributed by atoms with E-state index in [0.29, 0.717) is 29.0 Å². The summed E-state index contributed by atoms with van der Waals surface area (Å²) in [5.74, 6) is 2.25. The van der Waals surface area contributed by atoms with E-state index >= 15 is 0 Å². The van der Waals surface area contributed by atoms with E-state index in [1.54, 1.807) is 41.8 Å². The lowest BCUT2D eigenvalue weighted by Gasteiger charge is -2.09. The molecule has 0 amide bonds. The smallest absolute Gasteiger partial charge is 0.229 e. The van der Waals surface area contributed by atoms with E-state index in [-0.39, 0.29) is 0 Å². The van der Waals surface area contributed by atoms with E-state index in [0.717, 1.165) is 27.6 Å². The van der Waals surface area contributed by atoms with Gasteiger partial charge in [-0.2, -0.15) is 0 Å². The molecule has 8 nitrogen and oxygen atoms in total. The SMILES string of the molecule is CS(=O)(=O)Nc1ccc(Nc2cc(Oc3sc(C4CC4)nc3-c3ccccc3)ccn2)nc1. The Hall–Kier alpha value is -3.50. The maximum atomic E-state index is 11.3. The van der Waals surface area contributed by atoms with Gasteiger partial charge in [0.25, 0.3) is 0 Å². The highest BCUT2D eigenvalue weighted by Gasteiger charge is 2.29. The molecule has 10 heteroatoms. The predicted molar refractivity (Wildman–Crippen MR) is 130 cm³/mol. The second kappa shape index (κ2) is 8.80. The Bertz CT molecular complexity index is 1370. The summed E-state index contributed by atoms with van der Waals surface area (Å²) in [6.07, 6.45) is 6.54. The number of benzene rings is 1. The number of hydrogen-bond acceptors (Lipinski definition) is 8. The molecule has 1 aromatic carbocycles. The zero-order chi connectivity index (χ0) is 22.8. The summed E-state index contributed by atoms with van der Waals surface area (Å²) in [6, 6.07) is 16.9. The van der Waals surface area contributed by atoms with Gasteiger partial charge in [-0.15, -0.1) is 0 Å². The Morgan fingerprint density at radius 1 is 1.03 bits per heavy atom. The number of aromatic nitrogens is 3. The second-order valence-corrected chi connectivity index (χ2v) is 10.5. The van der Waals surface area contributed by atoms with Crippen LogP contribution in [-0.4, -0.2) is 29.6 Å². The van der Waals surface area contributed by atoms with Gasteiger partial charge in [-0.25, -0.2) is 23.4 Å². The van der Waals surface area contributed by atoms with Crippen LogP contribution in [0.25, 0.3) is 11.3 Å². The molecule has 0 spiro atoms. The van der Waals surface area contributed by atoms with Crippen molar-refractivity contribution in [2.75, 3.05) is 16.3 Å². The topological polar surface area (TPSA) is 106 Å². The van der Waals surface area contributed by atoms with Crippen molar-refractivity contribution in [3.63, 3.8) is 0 Å². The van der Waals surface area contributed by atoms with Gasteiger partial charge in [0.1, 0.15) is 28.1 Å². The van der Waals surface area contributed by atoms with Crippen LogP contribution >= 0.6 is 11.3 Å². The molecule has 33 heavy (non-hydrogen) atoms. The zero-order valence-electron chi connectivity index (χ0n) is 17.7. The molecule has 1 fully saturated rings. The van der Waals surface area contributed by atoms with E-state index in [1.807, 2.05) is 30.3 Å². The molecule has 0 aliphatic heterocycles. The summed E-state index contributed by atoms with van der Waals surface area (Å²) in [6.45, 7) is 0. The number of nitrogens with zero attached hydrogens (tertiary/aromatic N) is 3. The minimum atomic E-state index is -3.35. The molecule has 2 N–H and O–H groups in total. The highest BCUT2D eigenvalue weighted by Crippen LogP contribution is 2.48. The van der Waals surface area contributed by atoms with Gasteiger partial charge in [-0.05, 0) is 31.0 Å². The van der Waals surface area contributed by atoms with Crippen molar-refractivity contribution in [1.82, 2.24) is 15.0 Å². The van der Waals surface area contributed by atoms with Gasteiger partial charge >= 0.3 is 0 Å². The van der Waals surface area contributed by atoms with Gasteiger partial charge in [0.2, 0.25) is 15.1 Å². The summed E-state index contributed by atoms with van der Waals surface area (Å²) >= 11 is 1.59. The van der Waals surface area contributed by atoms with Crippen LogP contribution in [0.2, 0.25) is 0 Å². The maximum Gasteiger partial charge on any atom is 0.229 e. The largest absolute Gasteiger partial charge is 0.444 e. The molecule has 1 saturated carbocycles. The number of ether oxygens (including phenoxy) is 1. The fraction of sp³-hybridized carbons (Fsp3) is 0.174. The van der Waals surface area contributed by atoms with Crippen molar-refractivity contribution in [3.05, 3.63) is 72.0 Å². The summed E-state index contributed by atoms with van der Waals surface area (Å²) in [5.41, 5.74) is 2.26. The minimum Gasteiger partial charge on any atom is -0.444 e. The Labute approximate surface area is 195 Å². The van der Waals surface area contributed by atoms with Crippen LogP contribution in [0.15, 0.2) is 67.0 Å². The molecule has 0 atom stereocenters. The first-order valence-corrected chi connectivity index (χ1v) is 13.0. The molecule has 4 aromatic rings. The highest BCUT2D eigenvalue weighted by molar-refractivity contribution is 7.92. The lowest BCUT2D eigenvalue weighted by Crippen LogP contribution is -2.09. The molecule has 0 unspecified atom stereocenters. The number of pyridine rings is 2. The van der Waals surface area contributed by atoms with Crippen LogP contribution in [0.3, 0.4) is 0 Å². The van der Waals surface area contributed by atoms with E-state index in [4.69, 9.17) is 9.72 Å². The average molecular weight is 480 g/mol. The molecule has 0 bridgehead atoms. The number of nitrogens with one attached hydrogen (secondary N) is 2. The normalized spacial score (nSPS) is 13.5. The molecule has 1 aliphatic carbocycles.